The summed E-state index contributed by atoms with van der Waals surface area (Å²) in [5, 5.41) is 4.07. The SMILES string of the molecule is Cc1cc(OC2CN(C3COC3)C2)cc(Nc2ncc(-c3ccccn3)s2)n1. The van der Waals surface area contributed by atoms with Crippen LogP contribution in [0.1, 0.15) is 5.69 Å². The van der Waals surface area contributed by atoms with Gasteiger partial charge in [0, 0.05) is 43.3 Å². The number of pyridine rings is 2. The van der Waals surface area contributed by atoms with E-state index >= 15 is 0 Å². The Hall–Kier alpha value is -2.55. The lowest BCUT2D eigenvalue weighted by Crippen LogP contribution is -2.62. The number of likely N-dealkylation sites (tertiary alicyclic amines) is 1. The third-order valence-electron chi connectivity index (χ3n) is 4.90. The van der Waals surface area contributed by atoms with E-state index in [0.717, 1.165) is 59.3 Å². The minimum Gasteiger partial charge on any atom is -0.488 e. The molecule has 0 unspecified atom stereocenters. The molecule has 0 radical (unpaired) electrons. The first-order valence-corrected chi connectivity index (χ1v) is 10.2. The van der Waals surface area contributed by atoms with Crippen molar-refractivity contribution >= 4 is 22.3 Å². The molecular weight excluding hydrogens is 374 g/mol. The average molecular weight is 395 g/mol. The molecule has 0 amide bonds. The maximum atomic E-state index is 6.14. The predicted molar refractivity (Wildman–Crippen MR) is 108 cm³/mol. The fraction of sp³-hybridized carbons (Fsp3) is 0.350. The van der Waals surface area contributed by atoms with E-state index in [1.165, 1.54) is 0 Å². The number of nitrogens with one attached hydrogen (secondary N) is 1. The van der Waals surface area contributed by atoms with Crippen molar-refractivity contribution in [2.75, 3.05) is 31.6 Å². The first kappa shape index (κ1) is 17.5. The fourth-order valence-electron chi connectivity index (χ4n) is 3.31. The van der Waals surface area contributed by atoms with Crippen LogP contribution in [0.2, 0.25) is 0 Å². The smallest absolute Gasteiger partial charge is 0.188 e. The molecule has 0 bridgehead atoms. The maximum absolute atomic E-state index is 6.14. The molecule has 144 valence electrons. The quantitative estimate of drug-likeness (QED) is 0.687. The van der Waals surface area contributed by atoms with Gasteiger partial charge in [0.05, 0.1) is 29.8 Å². The molecule has 1 N–H and O–H groups in total. The molecule has 2 aliphatic heterocycles. The van der Waals surface area contributed by atoms with Gasteiger partial charge in [0.25, 0.3) is 0 Å². The molecule has 8 heteroatoms. The number of ether oxygens (including phenoxy) is 2. The molecule has 2 saturated heterocycles. The lowest BCUT2D eigenvalue weighted by atomic mass is 10.1. The highest BCUT2D eigenvalue weighted by Crippen LogP contribution is 2.30. The van der Waals surface area contributed by atoms with Gasteiger partial charge in [0.2, 0.25) is 0 Å². The minimum absolute atomic E-state index is 0.228. The average Bonchev–Trinajstić information content (AvgIpc) is 3.07. The summed E-state index contributed by atoms with van der Waals surface area (Å²) in [6.07, 6.45) is 3.84. The van der Waals surface area contributed by atoms with Crippen LogP contribution in [0.4, 0.5) is 10.9 Å². The Labute approximate surface area is 167 Å². The monoisotopic (exact) mass is 395 g/mol. The molecule has 0 saturated carbocycles. The zero-order valence-electron chi connectivity index (χ0n) is 15.5. The van der Waals surface area contributed by atoms with E-state index in [2.05, 4.69) is 25.2 Å². The predicted octanol–water partition coefficient (Wildman–Crippen LogP) is 3.11. The van der Waals surface area contributed by atoms with Gasteiger partial charge in [-0.15, -0.1) is 0 Å². The van der Waals surface area contributed by atoms with Gasteiger partial charge >= 0.3 is 0 Å². The highest BCUT2D eigenvalue weighted by Gasteiger charge is 2.37. The second-order valence-corrected chi connectivity index (χ2v) is 8.11. The first-order chi connectivity index (χ1) is 13.7. The number of aryl methyl sites for hydroxylation is 1. The fourth-order valence-corrected chi connectivity index (χ4v) is 4.11. The Morgan fingerprint density at radius 2 is 2.11 bits per heavy atom. The normalized spacial score (nSPS) is 17.8. The van der Waals surface area contributed by atoms with Gasteiger partial charge in [-0.05, 0) is 19.1 Å². The van der Waals surface area contributed by atoms with Gasteiger partial charge in [0.1, 0.15) is 17.7 Å². The first-order valence-electron chi connectivity index (χ1n) is 9.34. The Balaban J connectivity index is 1.24. The Kier molecular flexibility index (Phi) is 4.67. The van der Waals surface area contributed by atoms with Crippen LogP contribution in [0.25, 0.3) is 10.6 Å². The molecular formula is C20H21N5O2S. The second kappa shape index (κ2) is 7.46. The molecule has 0 spiro atoms. The van der Waals surface area contributed by atoms with Crippen molar-refractivity contribution in [2.45, 2.75) is 19.1 Å². The van der Waals surface area contributed by atoms with E-state index in [0.29, 0.717) is 6.04 Å². The zero-order chi connectivity index (χ0) is 18.9. The standard InChI is InChI=1S/C20H21N5O2S/c1-13-6-15(27-16-9-25(10-16)14-11-26-12-14)7-19(23-13)24-20-22-8-18(28-20)17-4-2-3-5-21-17/h2-8,14,16H,9-12H2,1H3,(H,22,23,24). The molecule has 5 heterocycles. The van der Waals surface area contributed by atoms with E-state index in [4.69, 9.17) is 9.47 Å². The highest BCUT2D eigenvalue weighted by molar-refractivity contribution is 7.18. The van der Waals surface area contributed by atoms with Crippen LogP contribution in [0.5, 0.6) is 5.75 Å². The molecule has 0 atom stereocenters. The summed E-state index contributed by atoms with van der Waals surface area (Å²) in [4.78, 5) is 16.8. The van der Waals surface area contributed by atoms with Gasteiger partial charge in [-0.3, -0.25) is 9.88 Å². The number of hydrogen-bond acceptors (Lipinski definition) is 8. The van der Waals surface area contributed by atoms with Gasteiger partial charge in [-0.2, -0.15) is 0 Å². The molecule has 7 nitrogen and oxygen atoms in total. The van der Waals surface area contributed by atoms with Gasteiger partial charge < -0.3 is 14.8 Å². The van der Waals surface area contributed by atoms with Gasteiger partial charge in [0.15, 0.2) is 5.13 Å². The number of thiazole rings is 1. The number of nitrogens with zero attached hydrogens (tertiary/aromatic N) is 4. The summed E-state index contributed by atoms with van der Waals surface area (Å²) < 4.78 is 11.4. The van der Waals surface area contributed by atoms with E-state index < -0.39 is 0 Å². The third kappa shape index (κ3) is 3.71. The van der Waals surface area contributed by atoms with Gasteiger partial charge in [-0.1, -0.05) is 17.4 Å². The van der Waals surface area contributed by atoms with Crippen molar-refractivity contribution in [1.82, 2.24) is 19.9 Å². The van der Waals surface area contributed by atoms with Crippen molar-refractivity contribution in [3.8, 4) is 16.3 Å². The van der Waals surface area contributed by atoms with Crippen LogP contribution < -0.4 is 10.1 Å². The van der Waals surface area contributed by atoms with E-state index in [1.807, 2.05) is 43.5 Å². The number of anilines is 2. The van der Waals surface area contributed by atoms with Crippen LogP contribution in [0, 0.1) is 6.92 Å². The lowest BCUT2D eigenvalue weighted by molar-refractivity contribution is -0.115. The second-order valence-electron chi connectivity index (χ2n) is 7.08. The van der Waals surface area contributed by atoms with Crippen molar-refractivity contribution in [3.05, 3.63) is 48.4 Å². The minimum atomic E-state index is 0.228. The largest absolute Gasteiger partial charge is 0.488 e. The lowest BCUT2D eigenvalue weighted by Gasteiger charge is -2.46. The van der Waals surface area contributed by atoms with Gasteiger partial charge in [-0.25, -0.2) is 9.97 Å². The highest BCUT2D eigenvalue weighted by atomic mass is 32.1. The topological polar surface area (TPSA) is 72.4 Å². The maximum Gasteiger partial charge on any atom is 0.188 e. The van der Waals surface area contributed by atoms with Crippen LogP contribution in [-0.2, 0) is 4.74 Å². The molecule has 0 aliphatic carbocycles. The molecule has 3 aromatic rings. The third-order valence-corrected chi connectivity index (χ3v) is 5.84. The van der Waals surface area contributed by atoms with E-state index in [9.17, 15) is 0 Å². The number of hydrogen-bond donors (Lipinski definition) is 1. The number of rotatable bonds is 6. The van der Waals surface area contributed by atoms with Crippen molar-refractivity contribution < 1.29 is 9.47 Å². The summed E-state index contributed by atoms with van der Waals surface area (Å²) in [5.41, 5.74) is 1.82. The molecule has 0 aromatic carbocycles. The van der Waals surface area contributed by atoms with Crippen LogP contribution in [-0.4, -0.2) is 58.3 Å². The van der Waals surface area contributed by atoms with E-state index in [1.54, 1.807) is 17.5 Å². The van der Waals surface area contributed by atoms with Crippen molar-refractivity contribution in [1.29, 1.82) is 0 Å². The van der Waals surface area contributed by atoms with Crippen LogP contribution in [0.15, 0.2) is 42.7 Å². The molecule has 2 aliphatic rings. The van der Waals surface area contributed by atoms with E-state index in [-0.39, 0.29) is 6.10 Å². The summed E-state index contributed by atoms with van der Waals surface area (Å²) in [6.45, 7) is 5.58. The zero-order valence-corrected chi connectivity index (χ0v) is 16.4. The number of aromatic nitrogens is 3. The van der Waals surface area contributed by atoms with Crippen molar-refractivity contribution in [2.24, 2.45) is 0 Å². The summed E-state index contributed by atoms with van der Waals surface area (Å²) in [5.74, 6) is 1.58. The molecule has 3 aromatic heterocycles. The molecule has 2 fully saturated rings. The Bertz CT molecular complexity index is 954. The summed E-state index contributed by atoms with van der Waals surface area (Å²) in [6, 6.07) is 10.3. The Morgan fingerprint density at radius 3 is 2.86 bits per heavy atom. The summed E-state index contributed by atoms with van der Waals surface area (Å²) >= 11 is 1.55. The summed E-state index contributed by atoms with van der Waals surface area (Å²) in [7, 11) is 0. The van der Waals surface area contributed by atoms with Crippen LogP contribution in [0.3, 0.4) is 0 Å². The Morgan fingerprint density at radius 1 is 1.21 bits per heavy atom. The molecule has 5 rings (SSSR count). The van der Waals surface area contributed by atoms with Crippen LogP contribution >= 0.6 is 11.3 Å². The van der Waals surface area contributed by atoms with Crippen molar-refractivity contribution in [3.63, 3.8) is 0 Å². The molecule has 28 heavy (non-hydrogen) atoms.